The highest BCUT2D eigenvalue weighted by molar-refractivity contribution is 5.77. The number of nitriles is 1. The number of nitrogens with one attached hydrogen (secondary N) is 2. The first kappa shape index (κ1) is 24.2. The second-order valence-corrected chi connectivity index (χ2v) is 9.45. The number of aliphatic hydroxyl groups excluding tert-OH is 1. The zero-order chi connectivity index (χ0) is 25.3. The summed E-state index contributed by atoms with van der Waals surface area (Å²) in [4.78, 5) is 23.3. The lowest BCUT2D eigenvalue weighted by Crippen LogP contribution is -2.35. The zero-order valence-corrected chi connectivity index (χ0v) is 20.6. The number of rotatable bonds is 7. The van der Waals surface area contributed by atoms with Gasteiger partial charge in [0.2, 0.25) is 11.9 Å². The number of hydrogen-bond acceptors (Lipinski definition) is 8. The molecule has 0 radical (unpaired) electrons. The molecule has 1 aliphatic rings. The summed E-state index contributed by atoms with van der Waals surface area (Å²) in [7, 11) is 1.77. The first-order chi connectivity index (χ1) is 16.6. The van der Waals surface area contributed by atoms with Crippen LogP contribution in [-0.4, -0.2) is 61.9 Å². The Morgan fingerprint density at radius 1 is 1.40 bits per heavy atom. The van der Waals surface area contributed by atoms with Crippen LogP contribution in [-0.2, 0) is 16.8 Å². The lowest BCUT2D eigenvalue weighted by Gasteiger charge is -2.22. The van der Waals surface area contributed by atoms with Crippen molar-refractivity contribution in [2.75, 3.05) is 30.8 Å². The number of carbonyl (C=O) groups excluding carboxylic acids is 1. The maximum atomic E-state index is 12.6. The van der Waals surface area contributed by atoms with Gasteiger partial charge in [-0.1, -0.05) is 6.92 Å². The average Bonchev–Trinajstić information content (AvgIpc) is 3.37. The number of aryl methyl sites for hydroxylation is 1. The first-order valence-corrected chi connectivity index (χ1v) is 11.5. The van der Waals surface area contributed by atoms with Crippen LogP contribution >= 0.6 is 0 Å². The molecule has 182 valence electrons. The van der Waals surface area contributed by atoms with Crippen molar-refractivity contribution in [1.82, 2.24) is 24.6 Å². The van der Waals surface area contributed by atoms with E-state index in [9.17, 15) is 15.2 Å². The highest BCUT2D eigenvalue weighted by Gasteiger charge is 2.36. The van der Waals surface area contributed by atoms with Crippen LogP contribution < -0.4 is 10.6 Å². The fourth-order valence-corrected chi connectivity index (χ4v) is 4.05. The molecule has 4 rings (SSSR count). The van der Waals surface area contributed by atoms with E-state index in [4.69, 9.17) is 0 Å². The number of fused-ring (bicyclic) bond motifs is 1. The number of likely N-dealkylation sites (N-methyl/N-ethyl adjacent to an activating group) is 1. The molecule has 0 saturated heterocycles. The number of hydrogen-bond donors (Lipinski definition) is 3. The molecule has 10 heteroatoms. The third kappa shape index (κ3) is 4.68. The Hall–Kier alpha value is -3.97. The summed E-state index contributed by atoms with van der Waals surface area (Å²) in [6.07, 6.45) is 1.64. The molecular weight excluding hydrogens is 444 g/mol. The Bertz CT molecular complexity index is 1310. The molecule has 3 heterocycles. The summed E-state index contributed by atoms with van der Waals surface area (Å²) in [5, 5.41) is 30.5. The zero-order valence-electron chi connectivity index (χ0n) is 20.6. The van der Waals surface area contributed by atoms with E-state index >= 15 is 0 Å². The molecule has 2 aromatic heterocycles. The predicted molar refractivity (Wildman–Crippen MR) is 133 cm³/mol. The van der Waals surface area contributed by atoms with Gasteiger partial charge < -0.3 is 20.6 Å². The predicted octanol–water partition coefficient (Wildman–Crippen LogP) is 2.81. The second-order valence-electron chi connectivity index (χ2n) is 9.45. The number of nitrogens with zero attached hydrogens (tertiary/aromatic N) is 6. The van der Waals surface area contributed by atoms with Crippen molar-refractivity contribution < 1.29 is 9.90 Å². The van der Waals surface area contributed by atoms with Crippen LogP contribution in [0, 0.1) is 18.3 Å². The molecule has 1 aliphatic heterocycles. The summed E-state index contributed by atoms with van der Waals surface area (Å²) < 4.78 is 1.61. The molecule has 1 unspecified atom stereocenters. The van der Waals surface area contributed by atoms with Gasteiger partial charge in [-0.2, -0.15) is 10.4 Å². The van der Waals surface area contributed by atoms with E-state index in [0.717, 1.165) is 22.5 Å². The van der Waals surface area contributed by atoms with Gasteiger partial charge in [0.05, 0.1) is 29.2 Å². The minimum Gasteiger partial charge on any atom is -0.395 e. The van der Waals surface area contributed by atoms with E-state index in [-0.39, 0.29) is 25.1 Å². The van der Waals surface area contributed by atoms with Gasteiger partial charge in [0.25, 0.3) is 0 Å². The van der Waals surface area contributed by atoms with E-state index in [1.165, 1.54) is 0 Å². The van der Waals surface area contributed by atoms with E-state index in [1.807, 2.05) is 39.8 Å². The number of aromatic nitrogens is 4. The van der Waals surface area contributed by atoms with Gasteiger partial charge >= 0.3 is 0 Å². The third-order valence-electron chi connectivity index (χ3n) is 6.46. The SMILES string of the molecule is Cc1cc(Nc2nccc(-c3cc(C#N)c4c(c3)C(C)(CO)CN4)n2)n(CC(=O)N(C)C(C)C)n1. The Morgan fingerprint density at radius 3 is 2.86 bits per heavy atom. The van der Waals surface area contributed by atoms with Gasteiger partial charge in [-0.25, -0.2) is 14.6 Å². The van der Waals surface area contributed by atoms with Crippen LogP contribution in [0.25, 0.3) is 11.3 Å². The molecule has 0 spiro atoms. The highest BCUT2D eigenvalue weighted by atomic mass is 16.3. The third-order valence-corrected chi connectivity index (χ3v) is 6.46. The van der Waals surface area contributed by atoms with Crippen molar-refractivity contribution in [3.63, 3.8) is 0 Å². The largest absolute Gasteiger partial charge is 0.395 e. The summed E-state index contributed by atoms with van der Waals surface area (Å²) in [6.45, 7) is 8.35. The van der Waals surface area contributed by atoms with Gasteiger partial charge in [0, 0.05) is 42.9 Å². The van der Waals surface area contributed by atoms with Crippen molar-refractivity contribution >= 4 is 23.4 Å². The first-order valence-electron chi connectivity index (χ1n) is 11.5. The van der Waals surface area contributed by atoms with Crippen LogP contribution in [0.4, 0.5) is 17.5 Å². The summed E-state index contributed by atoms with van der Waals surface area (Å²) >= 11 is 0. The lowest BCUT2D eigenvalue weighted by atomic mass is 9.83. The van der Waals surface area contributed by atoms with Gasteiger partial charge in [-0.3, -0.25) is 4.79 Å². The number of anilines is 3. The Balaban J connectivity index is 1.65. The molecule has 35 heavy (non-hydrogen) atoms. The smallest absolute Gasteiger partial charge is 0.244 e. The quantitative estimate of drug-likeness (QED) is 0.476. The summed E-state index contributed by atoms with van der Waals surface area (Å²) in [5.74, 6) is 0.896. The van der Waals surface area contributed by atoms with Gasteiger partial charge in [0.15, 0.2) is 0 Å². The lowest BCUT2D eigenvalue weighted by molar-refractivity contribution is -0.132. The Morgan fingerprint density at radius 2 is 2.17 bits per heavy atom. The Labute approximate surface area is 204 Å². The molecule has 0 saturated carbocycles. The summed E-state index contributed by atoms with van der Waals surface area (Å²) in [5.41, 5.74) is 3.82. The highest BCUT2D eigenvalue weighted by Crippen LogP contribution is 2.41. The molecule has 1 amide bonds. The molecule has 1 atom stereocenters. The van der Waals surface area contributed by atoms with Crippen LogP contribution in [0.3, 0.4) is 0 Å². The molecule has 0 bridgehead atoms. The number of benzene rings is 1. The number of amides is 1. The Kier molecular flexibility index (Phi) is 6.45. The van der Waals surface area contributed by atoms with Crippen molar-refractivity contribution in [2.24, 2.45) is 0 Å². The fourth-order valence-electron chi connectivity index (χ4n) is 4.05. The number of aliphatic hydroxyl groups is 1. The molecule has 10 nitrogen and oxygen atoms in total. The van der Waals surface area contributed by atoms with Crippen LogP contribution in [0.5, 0.6) is 0 Å². The molecule has 0 fully saturated rings. The normalized spacial score (nSPS) is 16.5. The van der Waals surface area contributed by atoms with Gasteiger partial charge in [-0.15, -0.1) is 0 Å². The van der Waals surface area contributed by atoms with E-state index in [2.05, 4.69) is 31.8 Å². The molecule has 1 aromatic carbocycles. The topological polar surface area (TPSA) is 132 Å². The van der Waals surface area contributed by atoms with Crippen molar-refractivity contribution in [1.29, 1.82) is 5.26 Å². The monoisotopic (exact) mass is 474 g/mol. The van der Waals surface area contributed by atoms with Crippen LogP contribution in [0.15, 0.2) is 30.5 Å². The van der Waals surface area contributed by atoms with Gasteiger partial charge in [-0.05, 0) is 44.5 Å². The van der Waals surface area contributed by atoms with Crippen molar-refractivity contribution in [3.05, 3.63) is 47.3 Å². The van der Waals surface area contributed by atoms with Crippen LogP contribution in [0.2, 0.25) is 0 Å². The fraction of sp³-hybridized carbons (Fsp3) is 0.400. The van der Waals surface area contributed by atoms with E-state index in [0.29, 0.717) is 29.6 Å². The molecule has 0 aliphatic carbocycles. The van der Waals surface area contributed by atoms with E-state index < -0.39 is 5.41 Å². The van der Waals surface area contributed by atoms with Crippen LogP contribution in [0.1, 0.15) is 37.6 Å². The second kappa shape index (κ2) is 9.35. The van der Waals surface area contributed by atoms with Crippen molar-refractivity contribution in [3.8, 4) is 17.3 Å². The summed E-state index contributed by atoms with van der Waals surface area (Å²) in [6, 6.07) is 9.70. The average molecular weight is 475 g/mol. The maximum absolute atomic E-state index is 12.6. The number of carbonyl (C=O) groups is 1. The minimum absolute atomic E-state index is 0.0358. The molecule has 3 aromatic rings. The molecular formula is C25H30N8O2. The molecule has 3 N–H and O–H groups in total. The maximum Gasteiger partial charge on any atom is 0.244 e. The van der Waals surface area contributed by atoms with Crippen molar-refractivity contribution in [2.45, 2.75) is 45.7 Å². The van der Waals surface area contributed by atoms with Gasteiger partial charge in [0.1, 0.15) is 18.4 Å². The standard InChI is InChI=1S/C25H30N8O2/c1-15(2)32(5)22(35)12-33-21(8-16(3)31-33)30-24-27-7-6-20(29-24)17-9-18(11-26)23-19(10-17)25(4,14-34)13-28-23/h6-10,15,28,34H,12-14H2,1-5H3,(H,27,29,30). The van der Waals surface area contributed by atoms with E-state index in [1.54, 1.807) is 35.0 Å². The minimum atomic E-state index is -0.481.